The quantitative estimate of drug-likeness (QED) is 0.325. The minimum absolute atomic E-state index is 0.0708. The Bertz CT molecular complexity index is 1320. The lowest BCUT2D eigenvalue weighted by Gasteiger charge is -2.12. The maximum atomic E-state index is 12.5. The first-order valence-electron chi connectivity index (χ1n) is 10.6. The van der Waals surface area contributed by atoms with Gasteiger partial charge in [0.2, 0.25) is 5.91 Å². The van der Waals surface area contributed by atoms with E-state index in [0.29, 0.717) is 35.6 Å². The van der Waals surface area contributed by atoms with Crippen LogP contribution in [0.4, 0.5) is 19.0 Å². The van der Waals surface area contributed by atoms with Crippen molar-refractivity contribution in [1.82, 2.24) is 19.9 Å². The summed E-state index contributed by atoms with van der Waals surface area (Å²) in [4.78, 5) is 29.4. The maximum Gasteiger partial charge on any atom is 0.573 e. The van der Waals surface area contributed by atoms with Crippen molar-refractivity contribution in [2.24, 2.45) is 10.9 Å². The molecule has 3 heterocycles. The molecule has 0 saturated carbocycles. The topological polar surface area (TPSA) is 92.7 Å². The summed E-state index contributed by atoms with van der Waals surface area (Å²) in [6.45, 7) is 4.57. The molecule has 1 N–H and O–H groups in total. The Hall–Kier alpha value is -4.33. The number of rotatable bonds is 6. The number of hydrogen-bond donors (Lipinski definition) is 1. The van der Waals surface area contributed by atoms with Gasteiger partial charge in [-0.15, -0.1) is 13.2 Å². The highest BCUT2D eigenvalue weighted by Crippen LogP contribution is 2.31. The average Bonchev–Trinajstić information content (AvgIpc) is 3.47. The number of nitrogens with one attached hydrogen (secondary N) is 1. The summed E-state index contributed by atoms with van der Waals surface area (Å²) in [6.07, 6.45) is 0.446. The van der Waals surface area contributed by atoms with Gasteiger partial charge in [0.05, 0.1) is 11.1 Å². The number of halogens is 3. The summed E-state index contributed by atoms with van der Waals surface area (Å²) < 4.78 is 46.9. The van der Waals surface area contributed by atoms with E-state index in [-0.39, 0.29) is 24.2 Å². The van der Waals surface area contributed by atoms with Gasteiger partial charge in [-0.05, 0) is 36.6 Å². The third kappa shape index (κ3) is 6.17. The van der Waals surface area contributed by atoms with Crippen LogP contribution < -0.4 is 9.47 Å². The Morgan fingerprint density at radius 2 is 2.11 bits per heavy atom. The van der Waals surface area contributed by atoms with E-state index in [1.807, 2.05) is 0 Å². The smallest absolute Gasteiger partial charge is 0.477 e. The van der Waals surface area contributed by atoms with Crippen LogP contribution in [-0.2, 0) is 4.79 Å². The van der Waals surface area contributed by atoms with Gasteiger partial charge in [0, 0.05) is 25.2 Å². The average molecular weight is 483 g/mol. The molecule has 1 saturated heterocycles. The number of H-pyrrole nitrogens is 1. The number of amides is 1. The van der Waals surface area contributed by atoms with Crippen LogP contribution >= 0.6 is 0 Å². The third-order valence-electron chi connectivity index (χ3n) is 5.12. The van der Waals surface area contributed by atoms with Crippen molar-refractivity contribution < 1.29 is 27.4 Å². The van der Waals surface area contributed by atoms with Crippen LogP contribution in [0.5, 0.6) is 11.5 Å². The van der Waals surface area contributed by atoms with Gasteiger partial charge in [-0.3, -0.25) is 4.79 Å². The lowest BCUT2D eigenvalue weighted by atomic mass is 10.1. The maximum absolute atomic E-state index is 12.5. The number of fused-ring (bicyclic) bond motifs is 1. The fraction of sp³-hybridized carbons (Fsp3) is 0.250. The molecule has 0 spiro atoms. The van der Waals surface area contributed by atoms with E-state index in [1.54, 1.807) is 17.2 Å². The van der Waals surface area contributed by atoms with Gasteiger partial charge in [-0.25, -0.2) is 15.0 Å². The standard InChI is InChI=1S/C24H20F3N5O3/c1-2-21(33)32-10-9-16(14-32)13-28-22-18-12-17(31-23(18)30-15-29-22)6-5-11-34-19-7-3-4-8-20(19)35-24(25,26)27/h2-4,7-8,12-13,15-16H,1,9-11,14H2,(H,29,30,31). The number of benzene rings is 1. The molecule has 8 nitrogen and oxygen atoms in total. The van der Waals surface area contributed by atoms with Crippen molar-refractivity contribution >= 4 is 29.0 Å². The van der Waals surface area contributed by atoms with Gasteiger partial charge in [-0.1, -0.05) is 24.6 Å². The van der Waals surface area contributed by atoms with Crippen LogP contribution in [-0.4, -0.2) is 58.0 Å². The van der Waals surface area contributed by atoms with Crippen LogP contribution in [0.1, 0.15) is 12.1 Å². The number of aliphatic imine (C=N–C) groups is 1. The second-order valence-electron chi connectivity index (χ2n) is 7.54. The predicted octanol–water partition coefficient (Wildman–Crippen LogP) is 4.02. The highest BCUT2D eigenvalue weighted by molar-refractivity contribution is 5.89. The van der Waals surface area contributed by atoms with E-state index >= 15 is 0 Å². The zero-order valence-corrected chi connectivity index (χ0v) is 18.4. The number of carbonyl (C=O) groups excluding carboxylic acids is 1. The first-order chi connectivity index (χ1) is 16.8. The van der Waals surface area contributed by atoms with Gasteiger partial charge in [0.15, 0.2) is 17.3 Å². The molecule has 1 aliphatic rings. The van der Waals surface area contributed by atoms with Crippen LogP contribution in [0, 0.1) is 17.8 Å². The molecular formula is C24H20F3N5O3. The lowest BCUT2D eigenvalue weighted by Crippen LogP contribution is -2.26. The van der Waals surface area contributed by atoms with Crippen LogP contribution in [0.25, 0.3) is 11.0 Å². The Morgan fingerprint density at radius 3 is 2.89 bits per heavy atom. The number of aromatic nitrogens is 3. The Kier molecular flexibility index (Phi) is 7.01. The highest BCUT2D eigenvalue weighted by atomic mass is 19.4. The predicted molar refractivity (Wildman–Crippen MR) is 122 cm³/mol. The van der Waals surface area contributed by atoms with Crippen molar-refractivity contribution in [3.05, 3.63) is 55.0 Å². The third-order valence-corrected chi connectivity index (χ3v) is 5.12. The minimum atomic E-state index is -4.82. The number of alkyl halides is 3. The van der Waals surface area contributed by atoms with E-state index in [2.05, 4.69) is 43.1 Å². The van der Waals surface area contributed by atoms with Crippen molar-refractivity contribution in [2.45, 2.75) is 12.8 Å². The molecule has 1 unspecified atom stereocenters. The molecule has 0 bridgehead atoms. The molecule has 2 aromatic heterocycles. The molecule has 0 radical (unpaired) electrons. The molecule has 1 amide bonds. The first kappa shape index (κ1) is 23.8. The van der Waals surface area contributed by atoms with E-state index in [0.717, 1.165) is 12.5 Å². The number of likely N-dealkylation sites (tertiary alicyclic amines) is 1. The summed E-state index contributed by atoms with van der Waals surface area (Å²) in [7, 11) is 0. The molecular weight excluding hydrogens is 463 g/mol. The number of ether oxygens (including phenoxy) is 2. The molecule has 11 heteroatoms. The number of para-hydroxylation sites is 2. The normalized spacial score (nSPS) is 15.7. The van der Waals surface area contributed by atoms with Gasteiger partial charge >= 0.3 is 6.36 Å². The molecule has 0 aliphatic carbocycles. The van der Waals surface area contributed by atoms with E-state index < -0.39 is 12.1 Å². The van der Waals surface area contributed by atoms with Crippen molar-refractivity contribution in [3.8, 4) is 23.3 Å². The molecule has 3 aromatic rings. The van der Waals surface area contributed by atoms with Crippen LogP contribution in [0.15, 0.2) is 54.3 Å². The van der Waals surface area contributed by atoms with E-state index in [1.165, 1.54) is 30.6 Å². The van der Waals surface area contributed by atoms with Gasteiger partial charge in [0.25, 0.3) is 0 Å². The van der Waals surface area contributed by atoms with Crippen molar-refractivity contribution in [2.75, 3.05) is 19.7 Å². The van der Waals surface area contributed by atoms with Gasteiger partial charge in [0.1, 0.15) is 18.6 Å². The Morgan fingerprint density at radius 1 is 1.31 bits per heavy atom. The van der Waals surface area contributed by atoms with Gasteiger partial charge < -0.3 is 19.4 Å². The zero-order chi connectivity index (χ0) is 24.8. The summed E-state index contributed by atoms with van der Waals surface area (Å²) in [6, 6.07) is 7.20. The second kappa shape index (κ2) is 10.3. The Balaban J connectivity index is 1.42. The van der Waals surface area contributed by atoms with Crippen LogP contribution in [0.3, 0.4) is 0 Å². The monoisotopic (exact) mass is 483 g/mol. The number of carbonyl (C=O) groups is 1. The SMILES string of the molecule is C=CC(=O)N1CCC(C=Nc2ncnc3[nH]c(C#CCOc4ccccc4OC(F)(F)F)cc23)C1. The summed E-state index contributed by atoms with van der Waals surface area (Å²) >= 11 is 0. The fourth-order valence-electron chi connectivity index (χ4n) is 3.53. The largest absolute Gasteiger partial charge is 0.573 e. The molecule has 1 aliphatic heterocycles. The van der Waals surface area contributed by atoms with Crippen molar-refractivity contribution in [3.63, 3.8) is 0 Å². The minimum Gasteiger partial charge on any atom is -0.477 e. The molecule has 4 rings (SSSR count). The second-order valence-corrected chi connectivity index (χ2v) is 7.54. The number of nitrogens with zero attached hydrogens (tertiary/aromatic N) is 4. The summed E-state index contributed by atoms with van der Waals surface area (Å²) in [5, 5.41) is 0.662. The molecule has 1 aromatic carbocycles. The first-order valence-corrected chi connectivity index (χ1v) is 10.6. The fourth-order valence-corrected chi connectivity index (χ4v) is 3.53. The lowest BCUT2D eigenvalue weighted by molar-refractivity contribution is -0.275. The van der Waals surface area contributed by atoms with Crippen molar-refractivity contribution in [1.29, 1.82) is 0 Å². The van der Waals surface area contributed by atoms with Gasteiger partial charge in [-0.2, -0.15) is 0 Å². The number of hydrogen-bond acceptors (Lipinski definition) is 6. The molecule has 1 fully saturated rings. The zero-order valence-electron chi connectivity index (χ0n) is 18.4. The number of aromatic amines is 1. The summed E-state index contributed by atoms with van der Waals surface area (Å²) in [5.41, 5.74) is 1.06. The van der Waals surface area contributed by atoms with Crippen LogP contribution in [0.2, 0.25) is 0 Å². The van der Waals surface area contributed by atoms with E-state index in [9.17, 15) is 18.0 Å². The molecule has 1 atom stereocenters. The van der Waals surface area contributed by atoms with E-state index in [4.69, 9.17) is 4.74 Å². The Labute approximate surface area is 198 Å². The molecule has 35 heavy (non-hydrogen) atoms. The summed E-state index contributed by atoms with van der Waals surface area (Å²) in [5.74, 6) is 5.57. The molecule has 180 valence electrons. The highest BCUT2D eigenvalue weighted by Gasteiger charge is 2.32.